The zero-order chi connectivity index (χ0) is 11.4. The Morgan fingerprint density at radius 1 is 1.19 bits per heavy atom. The zero-order valence-electron chi connectivity index (χ0n) is 8.75. The summed E-state index contributed by atoms with van der Waals surface area (Å²) in [4.78, 5) is 12.0. The van der Waals surface area contributed by atoms with Crippen molar-refractivity contribution < 1.29 is 9.53 Å². The number of rotatable bonds is 3. The van der Waals surface area contributed by atoms with E-state index in [1.165, 1.54) is 13.3 Å². The molecule has 0 spiro atoms. The first-order valence-corrected chi connectivity index (χ1v) is 4.78. The van der Waals surface area contributed by atoms with Gasteiger partial charge in [-0.15, -0.1) is 5.10 Å². The Bertz CT molecular complexity index is 497. The minimum Gasteiger partial charge on any atom is -0.496 e. The third-order valence-electron chi connectivity index (χ3n) is 2.16. The predicted octanol–water partition coefficient (Wildman–Crippen LogP) is 1.72. The molecule has 16 heavy (non-hydrogen) atoms. The van der Waals surface area contributed by atoms with E-state index in [0.717, 1.165) is 0 Å². The third-order valence-corrected chi connectivity index (χ3v) is 2.16. The molecule has 0 fully saturated rings. The highest BCUT2D eigenvalue weighted by molar-refractivity contribution is 6.09. The van der Waals surface area contributed by atoms with Crippen LogP contribution in [0.1, 0.15) is 16.1 Å². The van der Waals surface area contributed by atoms with Crippen LogP contribution in [-0.2, 0) is 0 Å². The number of hydrogen-bond donors (Lipinski definition) is 0. The van der Waals surface area contributed by atoms with Gasteiger partial charge in [0.05, 0.1) is 12.7 Å². The van der Waals surface area contributed by atoms with Crippen LogP contribution in [0.3, 0.4) is 0 Å². The highest BCUT2D eigenvalue weighted by atomic mass is 16.5. The van der Waals surface area contributed by atoms with Crippen molar-refractivity contribution in [2.75, 3.05) is 7.11 Å². The van der Waals surface area contributed by atoms with Gasteiger partial charge >= 0.3 is 0 Å². The van der Waals surface area contributed by atoms with Crippen LogP contribution in [0.2, 0.25) is 0 Å². The summed E-state index contributed by atoms with van der Waals surface area (Å²) < 4.78 is 5.12. The Balaban J connectivity index is 2.42. The summed E-state index contributed by atoms with van der Waals surface area (Å²) in [5.41, 5.74) is 0.803. The van der Waals surface area contributed by atoms with Crippen LogP contribution in [0, 0.1) is 0 Å². The van der Waals surface area contributed by atoms with E-state index in [2.05, 4.69) is 10.2 Å². The molecule has 0 aliphatic heterocycles. The molecule has 4 heteroatoms. The van der Waals surface area contributed by atoms with Crippen molar-refractivity contribution in [2.45, 2.75) is 0 Å². The van der Waals surface area contributed by atoms with E-state index < -0.39 is 0 Å². The fourth-order valence-corrected chi connectivity index (χ4v) is 1.39. The molecular weight excluding hydrogens is 204 g/mol. The highest BCUT2D eigenvalue weighted by Gasteiger charge is 2.14. The van der Waals surface area contributed by atoms with Crippen molar-refractivity contribution in [3.63, 3.8) is 0 Å². The highest BCUT2D eigenvalue weighted by Crippen LogP contribution is 2.19. The number of benzene rings is 1. The van der Waals surface area contributed by atoms with E-state index in [1.54, 1.807) is 30.3 Å². The SMILES string of the molecule is COc1ccccc1C(=O)c1cccnn1. The minimum absolute atomic E-state index is 0.189. The van der Waals surface area contributed by atoms with Crippen LogP contribution in [0.4, 0.5) is 0 Å². The van der Waals surface area contributed by atoms with Crippen molar-refractivity contribution in [1.82, 2.24) is 10.2 Å². The normalized spacial score (nSPS) is 9.81. The van der Waals surface area contributed by atoms with Gasteiger partial charge in [-0.2, -0.15) is 5.10 Å². The number of ketones is 1. The van der Waals surface area contributed by atoms with Crippen molar-refractivity contribution >= 4 is 5.78 Å². The molecule has 0 atom stereocenters. The number of methoxy groups -OCH3 is 1. The Labute approximate surface area is 92.9 Å². The average Bonchev–Trinajstić information content (AvgIpc) is 2.39. The molecule has 0 unspecified atom stereocenters. The molecule has 1 heterocycles. The van der Waals surface area contributed by atoms with Crippen molar-refractivity contribution in [1.29, 1.82) is 0 Å². The topological polar surface area (TPSA) is 52.1 Å². The summed E-state index contributed by atoms with van der Waals surface area (Å²) in [5, 5.41) is 7.45. The van der Waals surface area contributed by atoms with Crippen LogP contribution in [0.5, 0.6) is 5.75 Å². The van der Waals surface area contributed by atoms with Crippen LogP contribution in [0.15, 0.2) is 42.6 Å². The standard InChI is InChI=1S/C12H10N2O2/c1-16-11-7-3-2-5-9(11)12(15)10-6-4-8-13-14-10/h2-8H,1H3. The van der Waals surface area contributed by atoms with Gasteiger partial charge in [-0.25, -0.2) is 0 Å². The first-order chi connectivity index (χ1) is 7.83. The van der Waals surface area contributed by atoms with Crippen molar-refractivity contribution in [3.05, 3.63) is 53.9 Å². The molecule has 0 aliphatic carbocycles. The molecule has 0 saturated carbocycles. The van der Waals surface area contributed by atoms with Crippen molar-refractivity contribution in [2.24, 2.45) is 0 Å². The van der Waals surface area contributed by atoms with E-state index in [1.807, 2.05) is 6.07 Å². The Hall–Kier alpha value is -2.23. The number of carbonyl (C=O) groups is 1. The number of hydrogen-bond acceptors (Lipinski definition) is 4. The van der Waals surface area contributed by atoms with Crippen molar-refractivity contribution in [3.8, 4) is 5.75 Å². The maximum Gasteiger partial charge on any atom is 0.216 e. The lowest BCUT2D eigenvalue weighted by Gasteiger charge is -2.05. The summed E-state index contributed by atoms with van der Waals surface area (Å²) in [6.07, 6.45) is 1.53. The molecule has 0 N–H and O–H groups in total. The fourth-order valence-electron chi connectivity index (χ4n) is 1.39. The second-order valence-corrected chi connectivity index (χ2v) is 3.14. The molecule has 80 valence electrons. The summed E-state index contributed by atoms with van der Waals surface area (Å²) in [5.74, 6) is 0.351. The van der Waals surface area contributed by atoms with E-state index >= 15 is 0 Å². The molecule has 0 saturated heterocycles. The number of nitrogens with zero attached hydrogens (tertiary/aromatic N) is 2. The van der Waals surface area contributed by atoms with Gasteiger partial charge in [0, 0.05) is 6.20 Å². The number of carbonyl (C=O) groups excluding carboxylic acids is 1. The van der Waals surface area contributed by atoms with Gasteiger partial charge in [0.1, 0.15) is 11.4 Å². The predicted molar refractivity (Wildman–Crippen MR) is 58.5 cm³/mol. The van der Waals surface area contributed by atoms with E-state index in [9.17, 15) is 4.79 Å². The third kappa shape index (κ3) is 1.91. The molecule has 2 aromatic rings. The molecule has 0 amide bonds. The molecule has 0 aliphatic rings. The molecule has 1 aromatic heterocycles. The average molecular weight is 214 g/mol. The van der Waals surface area contributed by atoms with Crippen LogP contribution in [-0.4, -0.2) is 23.1 Å². The van der Waals surface area contributed by atoms with E-state index in [4.69, 9.17) is 4.74 Å². The molecule has 0 bridgehead atoms. The van der Waals surface area contributed by atoms with Gasteiger partial charge in [-0.1, -0.05) is 12.1 Å². The fraction of sp³-hybridized carbons (Fsp3) is 0.0833. The van der Waals surface area contributed by atoms with Gasteiger partial charge in [0.15, 0.2) is 0 Å². The Morgan fingerprint density at radius 2 is 2.00 bits per heavy atom. The summed E-state index contributed by atoms with van der Waals surface area (Å²) in [6.45, 7) is 0. The second-order valence-electron chi connectivity index (χ2n) is 3.14. The molecule has 1 aromatic carbocycles. The van der Waals surface area contributed by atoms with Crippen LogP contribution < -0.4 is 4.74 Å². The Morgan fingerprint density at radius 3 is 2.69 bits per heavy atom. The first kappa shape index (κ1) is 10.3. The molecule has 2 rings (SSSR count). The Kier molecular flexibility index (Phi) is 2.91. The number of aromatic nitrogens is 2. The number of ether oxygens (including phenoxy) is 1. The molecular formula is C12H10N2O2. The molecule has 4 nitrogen and oxygen atoms in total. The van der Waals surface area contributed by atoms with Crippen LogP contribution >= 0.6 is 0 Å². The quantitative estimate of drug-likeness (QED) is 0.730. The lowest BCUT2D eigenvalue weighted by molar-refractivity contribution is 0.103. The van der Waals surface area contributed by atoms with E-state index in [-0.39, 0.29) is 5.78 Å². The van der Waals surface area contributed by atoms with Gasteiger partial charge in [0.2, 0.25) is 5.78 Å². The minimum atomic E-state index is -0.189. The molecule has 0 radical (unpaired) electrons. The van der Waals surface area contributed by atoms with Crippen LogP contribution in [0.25, 0.3) is 0 Å². The second kappa shape index (κ2) is 4.53. The maximum absolute atomic E-state index is 12.0. The zero-order valence-corrected chi connectivity index (χ0v) is 8.75. The lowest BCUT2D eigenvalue weighted by Crippen LogP contribution is -2.06. The van der Waals surface area contributed by atoms with Gasteiger partial charge in [0.25, 0.3) is 0 Å². The first-order valence-electron chi connectivity index (χ1n) is 4.78. The monoisotopic (exact) mass is 214 g/mol. The smallest absolute Gasteiger partial charge is 0.216 e. The van der Waals surface area contributed by atoms with Gasteiger partial charge in [-0.05, 0) is 24.3 Å². The number of para-hydroxylation sites is 1. The largest absolute Gasteiger partial charge is 0.496 e. The summed E-state index contributed by atoms with van der Waals surface area (Å²) >= 11 is 0. The van der Waals surface area contributed by atoms with Gasteiger partial charge < -0.3 is 4.74 Å². The summed E-state index contributed by atoms with van der Waals surface area (Å²) in [6, 6.07) is 10.3. The lowest BCUT2D eigenvalue weighted by atomic mass is 10.1. The van der Waals surface area contributed by atoms with Gasteiger partial charge in [-0.3, -0.25) is 4.79 Å². The summed E-state index contributed by atoms with van der Waals surface area (Å²) in [7, 11) is 1.53. The van der Waals surface area contributed by atoms with E-state index in [0.29, 0.717) is 17.0 Å². The maximum atomic E-state index is 12.0.